The third-order valence-corrected chi connectivity index (χ3v) is 4.34. The van der Waals surface area contributed by atoms with Crippen molar-refractivity contribution in [2.45, 2.75) is 13.0 Å². The van der Waals surface area contributed by atoms with Crippen LogP contribution < -0.4 is 5.32 Å². The second kappa shape index (κ2) is 6.84. The van der Waals surface area contributed by atoms with E-state index < -0.39 is 0 Å². The Morgan fingerprint density at radius 3 is 2.70 bits per heavy atom. The number of rotatable bonds is 4. The number of benzene rings is 2. The van der Waals surface area contributed by atoms with Crippen LogP contribution in [-0.4, -0.2) is 38.1 Å². The minimum absolute atomic E-state index is 0.192. The molecule has 1 N–H and O–H groups in total. The summed E-state index contributed by atoms with van der Waals surface area (Å²) in [5.74, 6) is -0.255. The number of esters is 1. The van der Waals surface area contributed by atoms with Crippen LogP contribution in [-0.2, 0) is 22.5 Å². The van der Waals surface area contributed by atoms with Gasteiger partial charge >= 0.3 is 5.97 Å². The number of carbonyl (C=O) groups is 1. The molecular formula is C19H22N2O2. The highest BCUT2D eigenvalue weighted by molar-refractivity contribution is 5.78. The minimum atomic E-state index is -0.255. The summed E-state index contributed by atoms with van der Waals surface area (Å²) in [6, 6.07) is 14.7. The molecule has 0 unspecified atom stereocenters. The van der Waals surface area contributed by atoms with E-state index in [2.05, 4.69) is 53.7 Å². The van der Waals surface area contributed by atoms with Gasteiger partial charge in [-0.25, -0.2) is 0 Å². The first-order chi connectivity index (χ1) is 11.2. The van der Waals surface area contributed by atoms with Gasteiger partial charge in [0.05, 0.1) is 7.11 Å². The number of hydrogen-bond donors (Lipinski definition) is 1. The molecule has 0 fully saturated rings. The maximum absolute atomic E-state index is 11.4. The number of hydrogen-bond acceptors (Lipinski definition) is 4. The van der Waals surface area contributed by atoms with Crippen LogP contribution in [0.25, 0.3) is 11.1 Å². The molecule has 1 aliphatic heterocycles. The van der Waals surface area contributed by atoms with Crippen LogP contribution in [0.3, 0.4) is 0 Å². The van der Waals surface area contributed by atoms with Gasteiger partial charge in [-0.05, 0) is 41.8 Å². The third kappa shape index (κ3) is 3.37. The van der Waals surface area contributed by atoms with E-state index in [0.717, 1.165) is 25.2 Å². The third-order valence-electron chi connectivity index (χ3n) is 4.34. The van der Waals surface area contributed by atoms with Crippen molar-refractivity contribution in [3.63, 3.8) is 0 Å². The number of fused-ring (bicyclic) bond motifs is 1. The van der Waals surface area contributed by atoms with Crippen molar-refractivity contribution < 1.29 is 9.53 Å². The quantitative estimate of drug-likeness (QED) is 0.882. The SMILES string of the molecule is COC(=O)CNc1ccc(-c2ccccc2)c2c1CN(C)CC2. The molecule has 1 aliphatic rings. The molecule has 23 heavy (non-hydrogen) atoms. The van der Waals surface area contributed by atoms with Crippen LogP contribution in [0, 0.1) is 0 Å². The topological polar surface area (TPSA) is 41.6 Å². The van der Waals surface area contributed by atoms with E-state index in [9.17, 15) is 4.79 Å². The summed E-state index contributed by atoms with van der Waals surface area (Å²) in [5, 5.41) is 3.22. The number of methoxy groups -OCH3 is 1. The van der Waals surface area contributed by atoms with E-state index >= 15 is 0 Å². The molecule has 0 aromatic heterocycles. The molecule has 4 heteroatoms. The lowest BCUT2D eigenvalue weighted by Crippen LogP contribution is -2.28. The number of ether oxygens (including phenoxy) is 1. The maximum Gasteiger partial charge on any atom is 0.325 e. The van der Waals surface area contributed by atoms with Crippen LogP contribution in [0.15, 0.2) is 42.5 Å². The van der Waals surface area contributed by atoms with E-state index in [-0.39, 0.29) is 12.5 Å². The molecule has 4 nitrogen and oxygen atoms in total. The van der Waals surface area contributed by atoms with Gasteiger partial charge in [0.2, 0.25) is 0 Å². The van der Waals surface area contributed by atoms with Gasteiger partial charge < -0.3 is 15.0 Å². The lowest BCUT2D eigenvalue weighted by Gasteiger charge is -2.29. The van der Waals surface area contributed by atoms with Crippen molar-refractivity contribution in [1.29, 1.82) is 0 Å². The van der Waals surface area contributed by atoms with E-state index in [1.165, 1.54) is 29.4 Å². The Morgan fingerprint density at radius 1 is 1.17 bits per heavy atom. The van der Waals surface area contributed by atoms with Crippen LogP contribution in [0.2, 0.25) is 0 Å². The van der Waals surface area contributed by atoms with Crippen molar-refractivity contribution in [3.05, 3.63) is 53.6 Å². The van der Waals surface area contributed by atoms with Gasteiger partial charge in [0, 0.05) is 18.8 Å². The molecule has 120 valence electrons. The number of nitrogens with one attached hydrogen (secondary N) is 1. The summed E-state index contributed by atoms with van der Waals surface area (Å²) in [6.07, 6.45) is 1.02. The predicted octanol–water partition coefficient (Wildman–Crippen LogP) is 2.93. The molecule has 0 bridgehead atoms. The Kier molecular flexibility index (Phi) is 4.63. The molecule has 0 radical (unpaired) electrons. The zero-order chi connectivity index (χ0) is 16.2. The lowest BCUT2D eigenvalue weighted by atomic mass is 9.89. The number of carbonyl (C=O) groups excluding carboxylic acids is 1. The largest absolute Gasteiger partial charge is 0.468 e. The molecule has 2 aromatic rings. The first-order valence-corrected chi connectivity index (χ1v) is 7.88. The van der Waals surface area contributed by atoms with E-state index in [4.69, 9.17) is 4.74 Å². The second-order valence-corrected chi connectivity index (χ2v) is 5.90. The average molecular weight is 310 g/mol. The fourth-order valence-electron chi connectivity index (χ4n) is 3.10. The lowest BCUT2D eigenvalue weighted by molar-refractivity contribution is -0.138. The van der Waals surface area contributed by atoms with Crippen molar-refractivity contribution >= 4 is 11.7 Å². The molecule has 0 spiro atoms. The molecule has 0 aliphatic carbocycles. The Bertz CT molecular complexity index is 698. The van der Waals surface area contributed by atoms with Gasteiger partial charge in [0.15, 0.2) is 0 Å². The van der Waals surface area contributed by atoms with Crippen molar-refractivity contribution in [1.82, 2.24) is 4.90 Å². The standard InChI is InChI=1S/C19H22N2O2/c1-21-11-10-16-15(14-6-4-3-5-7-14)8-9-18(17(16)13-21)20-12-19(22)23-2/h3-9,20H,10-13H2,1-2H3. The zero-order valence-corrected chi connectivity index (χ0v) is 13.6. The zero-order valence-electron chi connectivity index (χ0n) is 13.6. The van der Waals surface area contributed by atoms with Gasteiger partial charge in [-0.2, -0.15) is 0 Å². The first kappa shape index (κ1) is 15.6. The van der Waals surface area contributed by atoms with E-state index in [1.54, 1.807) is 0 Å². The number of likely N-dealkylation sites (N-methyl/N-ethyl adjacent to an activating group) is 1. The Balaban J connectivity index is 1.99. The second-order valence-electron chi connectivity index (χ2n) is 5.90. The smallest absolute Gasteiger partial charge is 0.325 e. The van der Waals surface area contributed by atoms with Crippen molar-refractivity contribution in [2.24, 2.45) is 0 Å². The number of nitrogens with zero attached hydrogens (tertiary/aromatic N) is 1. The molecule has 0 atom stereocenters. The molecule has 2 aromatic carbocycles. The summed E-state index contributed by atoms with van der Waals surface area (Å²) in [7, 11) is 3.54. The minimum Gasteiger partial charge on any atom is -0.468 e. The van der Waals surface area contributed by atoms with E-state index in [0.29, 0.717) is 0 Å². The summed E-state index contributed by atoms with van der Waals surface area (Å²) >= 11 is 0. The van der Waals surface area contributed by atoms with Crippen molar-refractivity contribution in [2.75, 3.05) is 32.6 Å². The highest BCUT2D eigenvalue weighted by Gasteiger charge is 2.20. The highest BCUT2D eigenvalue weighted by Crippen LogP contribution is 2.34. The van der Waals surface area contributed by atoms with Gasteiger partial charge in [-0.1, -0.05) is 36.4 Å². The van der Waals surface area contributed by atoms with Crippen LogP contribution >= 0.6 is 0 Å². The molecule has 1 heterocycles. The Morgan fingerprint density at radius 2 is 1.96 bits per heavy atom. The number of anilines is 1. The van der Waals surface area contributed by atoms with E-state index in [1.807, 2.05) is 6.07 Å². The van der Waals surface area contributed by atoms with Crippen LogP contribution in [0.4, 0.5) is 5.69 Å². The first-order valence-electron chi connectivity index (χ1n) is 7.88. The molecule has 3 rings (SSSR count). The normalized spacial score (nSPS) is 14.2. The maximum atomic E-state index is 11.4. The average Bonchev–Trinajstić information content (AvgIpc) is 2.60. The highest BCUT2D eigenvalue weighted by atomic mass is 16.5. The molecule has 0 saturated heterocycles. The Hall–Kier alpha value is -2.33. The van der Waals surface area contributed by atoms with Gasteiger partial charge in [0.25, 0.3) is 0 Å². The van der Waals surface area contributed by atoms with Crippen LogP contribution in [0.1, 0.15) is 11.1 Å². The summed E-state index contributed by atoms with van der Waals surface area (Å²) < 4.78 is 4.72. The van der Waals surface area contributed by atoms with Crippen molar-refractivity contribution in [3.8, 4) is 11.1 Å². The monoisotopic (exact) mass is 310 g/mol. The summed E-state index contributed by atoms with van der Waals surface area (Å²) in [5.41, 5.74) is 6.22. The molecular weight excluding hydrogens is 288 g/mol. The Labute approximate surface area is 137 Å². The van der Waals surface area contributed by atoms with Gasteiger partial charge in [-0.3, -0.25) is 4.79 Å². The fourth-order valence-corrected chi connectivity index (χ4v) is 3.10. The van der Waals surface area contributed by atoms with Gasteiger partial charge in [-0.15, -0.1) is 0 Å². The predicted molar refractivity (Wildman–Crippen MR) is 92.4 cm³/mol. The summed E-state index contributed by atoms with van der Waals surface area (Å²) in [6.45, 7) is 2.13. The molecule has 0 saturated carbocycles. The summed E-state index contributed by atoms with van der Waals surface area (Å²) in [4.78, 5) is 13.7. The fraction of sp³-hybridized carbons (Fsp3) is 0.316. The van der Waals surface area contributed by atoms with Crippen LogP contribution in [0.5, 0.6) is 0 Å². The molecule has 0 amide bonds. The van der Waals surface area contributed by atoms with Gasteiger partial charge in [0.1, 0.15) is 6.54 Å².